The molecule has 0 aromatic carbocycles. The molecule has 0 saturated heterocycles. The van der Waals surface area contributed by atoms with E-state index in [0.29, 0.717) is 0 Å². The van der Waals surface area contributed by atoms with Crippen LogP contribution in [-0.2, 0) is 10.1 Å². The molecular formula is CH3O2S2-. The second kappa shape index (κ2) is 2.68. The molecule has 0 saturated carbocycles. The highest BCUT2D eigenvalue weighted by Gasteiger charge is 1.62. The lowest BCUT2D eigenvalue weighted by atomic mass is 12.0. The summed E-state index contributed by atoms with van der Waals surface area (Å²) < 4.78 is 18.7. The van der Waals surface area contributed by atoms with Gasteiger partial charge in [-0.05, 0) is 6.26 Å². The van der Waals surface area contributed by atoms with Crippen LogP contribution in [0.5, 0.6) is 0 Å². The Morgan fingerprint density at radius 1 is 2.00 bits per heavy atom. The molecule has 0 amide bonds. The van der Waals surface area contributed by atoms with Crippen molar-refractivity contribution < 1.29 is 8.76 Å². The molecule has 1 atom stereocenters. The zero-order valence-electron chi connectivity index (χ0n) is 2.63. The van der Waals surface area contributed by atoms with Gasteiger partial charge < -0.3 is 4.55 Å². The minimum Gasteiger partial charge on any atom is -0.764 e. The molecule has 0 fully saturated rings. The van der Waals surface area contributed by atoms with Gasteiger partial charge in [0.2, 0.25) is 0 Å². The minimum atomic E-state index is -1.91. The van der Waals surface area contributed by atoms with Crippen molar-refractivity contribution in [3.63, 3.8) is 0 Å². The summed E-state index contributed by atoms with van der Waals surface area (Å²) in [7, 11) is -1.11. The van der Waals surface area contributed by atoms with E-state index in [1.807, 2.05) is 0 Å². The molecule has 0 aliphatic carbocycles. The Bertz CT molecular complexity index is 42.9. The van der Waals surface area contributed by atoms with Crippen LogP contribution in [-0.4, -0.2) is 15.0 Å². The summed E-state index contributed by atoms with van der Waals surface area (Å²) in [6, 6.07) is 0. The van der Waals surface area contributed by atoms with Gasteiger partial charge in [0.05, 0.1) is 0 Å². The van der Waals surface area contributed by atoms with Gasteiger partial charge in [-0.15, -0.1) is 0 Å². The van der Waals surface area contributed by atoms with E-state index >= 15 is 0 Å². The Hall–Kier alpha value is 0.460. The van der Waals surface area contributed by atoms with Crippen LogP contribution in [0.1, 0.15) is 0 Å². The second-order valence-corrected chi connectivity index (χ2v) is 2.93. The number of rotatable bonds is 1. The van der Waals surface area contributed by atoms with Crippen LogP contribution >= 0.6 is 10.8 Å². The highest BCUT2D eigenvalue weighted by Crippen LogP contribution is 1.92. The first kappa shape index (κ1) is 5.46. The van der Waals surface area contributed by atoms with Crippen LogP contribution in [0, 0.1) is 0 Å². The van der Waals surface area contributed by atoms with E-state index in [2.05, 4.69) is 0 Å². The van der Waals surface area contributed by atoms with Crippen LogP contribution < -0.4 is 0 Å². The smallest absolute Gasteiger partial charge is 0.00658 e. The fourth-order valence-electron chi connectivity index (χ4n) is 0. The molecule has 4 heteroatoms. The van der Waals surface area contributed by atoms with Gasteiger partial charge in [0.15, 0.2) is 0 Å². The van der Waals surface area contributed by atoms with Gasteiger partial charge in [0, 0.05) is 10.1 Å². The molecule has 0 bridgehead atoms. The fraction of sp³-hybridized carbons (Fsp3) is 1.00. The van der Waals surface area contributed by atoms with Crippen molar-refractivity contribution in [2.24, 2.45) is 0 Å². The Kier molecular flexibility index (Phi) is 2.93. The molecule has 0 aromatic rings. The summed E-state index contributed by atoms with van der Waals surface area (Å²) in [6.07, 6.45) is 1.50. The maximum atomic E-state index is 9.33. The molecule has 5 heavy (non-hydrogen) atoms. The molecule has 1 unspecified atom stereocenters. The first-order chi connectivity index (χ1) is 2.27. The van der Waals surface area contributed by atoms with Crippen LogP contribution in [0.2, 0.25) is 0 Å². The highest BCUT2D eigenvalue weighted by molar-refractivity contribution is 8.66. The summed E-state index contributed by atoms with van der Waals surface area (Å²) in [4.78, 5) is 0. The monoisotopic (exact) mass is 111 g/mol. The molecule has 0 heterocycles. The lowest BCUT2D eigenvalue weighted by molar-refractivity contribution is 0.553. The zero-order valence-corrected chi connectivity index (χ0v) is 4.27. The summed E-state index contributed by atoms with van der Waals surface area (Å²) in [6.45, 7) is 0. The van der Waals surface area contributed by atoms with E-state index < -0.39 is 10.1 Å². The molecule has 2 nitrogen and oxygen atoms in total. The van der Waals surface area contributed by atoms with Crippen molar-refractivity contribution in [3.05, 3.63) is 0 Å². The summed E-state index contributed by atoms with van der Waals surface area (Å²) in [5.74, 6) is 0. The van der Waals surface area contributed by atoms with Gasteiger partial charge in [-0.3, -0.25) is 4.21 Å². The van der Waals surface area contributed by atoms with E-state index in [0.717, 1.165) is 10.8 Å². The SMILES string of the molecule is CSS(=O)[O-]. The molecule has 0 radical (unpaired) electrons. The maximum Gasteiger partial charge on any atom is 0.00658 e. The first-order valence-electron chi connectivity index (χ1n) is 0.908. The average molecular weight is 111 g/mol. The Labute approximate surface area is 36.6 Å². The highest BCUT2D eigenvalue weighted by atomic mass is 33.1. The lowest BCUT2D eigenvalue weighted by Crippen LogP contribution is -1.70. The third-order valence-corrected chi connectivity index (χ3v) is 1.22. The summed E-state index contributed by atoms with van der Waals surface area (Å²) in [5.41, 5.74) is 0. The number of hydrogen-bond donors (Lipinski definition) is 0. The lowest BCUT2D eigenvalue weighted by Gasteiger charge is -1.92. The van der Waals surface area contributed by atoms with Crippen molar-refractivity contribution in [2.75, 3.05) is 6.26 Å². The largest absolute Gasteiger partial charge is 0.764 e. The third-order valence-electron chi connectivity index (χ3n) is 0.136. The van der Waals surface area contributed by atoms with Crippen molar-refractivity contribution in [3.8, 4) is 0 Å². The van der Waals surface area contributed by atoms with Crippen LogP contribution in [0.3, 0.4) is 0 Å². The predicted molar refractivity (Wildman–Crippen MR) is 22.4 cm³/mol. The molecule has 0 spiro atoms. The van der Waals surface area contributed by atoms with E-state index in [9.17, 15) is 8.76 Å². The van der Waals surface area contributed by atoms with Crippen LogP contribution in [0.15, 0.2) is 0 Å². The molecule has 0 aromatic heterocycles. The van der Waals surface area contributed by atoms with Gasteiger partial charge in [0.25, 0.3) is 0 Å². The normalized spacial score (nSPS) is 14.8. The Balaban J connectivity index is 2.85. The third kappa shape index (κ3) is 4.46. The van der Waals surface area contributed by atoms with Gasteiger partial charge in [0.1, 0.15) is 0 Å². The van der Waals surface area contributed by atoms with Crippen molar-refractivity contribution in [2.45, 2.75) is 0 Å². The molecular weight excluding hydrogens is 108 g/mol. The van der Waals surface area contributed by atoms with Gasteiger partial charge in [-0.2, -0.15) is 0 Å². The molecule has 0 rings (SSSR count). The molecule has 32 valence electrons. The average Bonchev–Trinajstić information content (AvgIpc) is 1.38. The maximum absolute atomic E-state index is 9.33. The quantitative estimate of drug-likeness (QED) is 0.357. The molecule has 0 aliphatic rings. The number of hydrogen-bond acceptors (Lipinski definition) is 3. The first-order valence-corrected chi connectivity index (χ1v) is 3.72. The van der Waals surface area contributed by atoms with Crippen molar-refractivity contribution in [1.82, 2.24) is 0 Å². The van der Waals surface area contributed by atoms with E-state index in [1.165, 1.54) is 6.26 Å². The van der Waals surface area contributed by atoms with Gasteiger partial charge >= 0.3 is 0 Å². The van der Waals surface area contributed by atoms with Gasteiger partial charge in [-0.25, -0.2) is 0 Å². The van der Waals surface area contributed by atoms with E-state index in [4.69, 9.17) is 0 Å². The minimum absolute atomic E-state index is 0.796. The van der Waals surface area contributed by atoms with Crippen molar-refractivity contribution >= 4 is 20.9 Å². The van der Waals surface area contributed by atoms with Crippen LogP contribution in [0.4, 0.5) is 0 Å². The summed E-state index contributed by atoms with van der Waals surface area (Å²) in [5, 5.41) is 0. The topological polar surface area (TPSA) is 40.1 Å². The van der Waals surface area contributed by atoms with Crippen LogP contribution in [0.25, 0.3) is 0 Å². The Morgan fingerprint density at radius 3 is 2.20 bits per heavy atom. The second-order valence-electron chi connectivity index (χ2n) is 0.371. The van der Waals surface area contributed by atoms with E-state index in [1.54, 1.807) is 0 Å². The zero-order chi connectivity index (χ0) is 4.28. The fourth-order valence-corrected chi connectivity index (χ4v) is 0. The predicted octanol–water partition coefficient (Wildman–Crippen LogP) is 0.144. The molecule has 0 aliphatic heterocycles. The van der Waals surface area contributed by atoms with Gasteiger partial charge in [-0.1, -0.05) is 10.8 Å². The summed E-state index contributed by atoms with van der Waals surface area (Å²) >= 11 is 0. The van der Waals surface area contributed by atoms with Crippen molar-refractivity contribution in [1.29, 1.82) is 0 Å². The standard InChI is InChI=1S/CH4O2S2/c1-4-5(2)3/h1H3,(H,2,3)/p-1. The van der Waals surface area contributed by atoms with E-state index in [-0.39, 0.29) is 0 Å². The Morgan fingerprint density at radius 2 is 2.20 bits per heavy atom. The molecule has 0 N–H and O–H groups in total.